The Balaban J connectivity index is 0.000000390. The van der Waals surface area contributed by atoms with Gasteiger partial charge in [-0.3, -0.25) is 0 Å². The zero-order valence-corrected chi connectivity index (χ0v) is 20.9. The van der Waals surface area contributed by atoms with Gasteiger partial charge in [0.1, 0.15) is 24.9 Å². The van der Waals surface area contributed by atoms with E-state index < -0.39 is 0 Å². The summed E-state index contributed by atoms with van der Waals surface area (Å²) in [5.41, 5.74) is 5.71. The third-order valence-electron chi connectivity index (χ3n) is 6.12. The zero-order valence-electron chi connectivity index (χ0n) is 20.9. The average molecular weight is 467 g/mol. The third kappa shape index (κ3) is 7.45. The van der Waals surface area contributed by atoms with Crippen molar-refractivity contribution < 1.29 is 9.59 Å². The molecule has 1 aliphatic carbocycles. The Morgan fingerprint density at radius 3 is 2.47 bits per heavy atom. The van der Waals surface area contributed by atoms with Gasteiger partial charge in [0, 0.05) is 30.0 Å². The van der Waals surface area contributed by atoms with Gasteiger partial charge in [0.05, 0.1) is 11.9 Å². The molecule has 1 atom stereocenters. The predicted octanol–water partition coefficient (Wildman–Crippen LogP) is 4.58. The Labute approximate surface area is 202 Å². The quantitative estimate of drug-likeness (QED) is 0.580. The fraction of sp³-hybridized carbons (Fsp3) is 0.500. The summed E-state index contributed by atoms with van der Waals surface area (Å²) in [6.45, 7) is 12.5. The van der Waals surface area contributed by atoms with Crippen LogP contribution in [0, 0.1) is 19.8 Å². The molecule has 0 amide bonds. The number of piperidine rings is 1. The first-order valence-electron chi connectivity index (χ1n) is 11.8. The highest BCUT2D eigenvalue weighted by atomic mass is 16.1. The van der Waals surface area contributed by atoms with E-state index in [0.717, 1.165) is 52.0 Å². The summed E-state index contributed by atoms with van der Waals surface area (Å²) < 4.78 is 0. The fourth-order valence-electron chi connectivity index (χ4n) is 4.02. The highest BCUT2D eigenvalue weighted by molar-refractivity contribution is 5.80. The number of likely N-dealkylation sites (tertiary alicyclic amines) is 1. The summed E-state index contributed by atoms with van der Waals surface area (Å²) in [6, 6.07) is 4.54. The highest BCUT2D eigenvalue weighted by Crippen LogP contribution is 2.31. The van der Waals surface area contributed by atoms with Crippen molar-refractivity contribution in [2.24, 2.45) is 5.92 Å². The van der Waals surface area contributed by atoms with Gasteiger partial charge in [0.15, 0.2) is 5.65 Å². The van der Waals surface area contributed by atoms with E-state index in [0.29, 0.717) is 6.04 Å². The molecule has 2 fully saturated rings. The zero-order chi connectivity index (χ0) is 25.1. The molecule has 1 saturated carbocycles. The number of carbonyl (C=O) groups excluding carboxylic acids is 2. The largest absolute Gasteiger partial charge is 0.365 e. The number of carbonyl (C=O) groups is 2. The molecule has 4 heterocycles. The molecule has 184 valence electrons. The molecule has 8 nitrogen and oxygen atoms in total. The van der Waals surface area contributed by atoms with E-state index in [2.05, 4.69) is 40.2 Å². The lowest BCUT2D eigenvalue weighted by Gasteiger charge is -2.31. The van der Waals surface area contributed by atoms with Gasteiger partial charge in [-0.1, -0.05) is 26.2 Å². The number of nitrogens with zero attached hydrogens (tertiary/aromatic N) is 4. The van der Waals surface area contributed by atoms with Gasteiger partial charge in [-0.15, -0.1) is 0 Å². The molecule has 1 aliphatic heterocycles. The Morgan fingerprint density at radius 1 is 1.12 bits per heavy atom. The molecule has 1 unspecified atom stereocenters. The second-order valence-corrected chi connectivity index (χ2v) is 8.87. The van der Waals surface area contributed by atoms with Crippen LogP contribution in [0.25, 0.3) is 22.4 Å². The monoisotopic (exact) mass is 466 g/mol. The summed E-state index contributed by atoms with van der Waals surface area (Å²) in [6.07, 6.45) is 10.6. The minimum absolute atomic E-state index is 0.414. The lowest BCUT2D eigenvalue weighted by molar-refractivity contribution is -0.0987. The number of anilines is 1. The number of aromatic nitrogens is 4. The fourth-order valence-corrected chi connectivity index (χ4v) is 4.02. The summed E-state index contributed by atoms with van der Waals surface area (Å²) >= 11 is 0. The lowest BCUT2D eigenvalue weighted by atomic mass is 10.1. The van der Waals surface area contributed by atoms with Crippen LogP contribution < -0.4 is 5.32 Å². The minimum Gasteiger partial charge on any atom is -0.365 e. The van der Waals surface area contributed by atoms with Crippen LogP contribution in [-0.4, -0.2) is 64.6 Å². The van der Waals surface area contributed by atoms with Crippen molar-refractivity contribution in [2.75, 3.05) is 25.5 Å². The van der Waals surface area contributed by atoms with Gasteiger partial charge in [0.2, 0.25) is 0 Å². The molecule has 3 aromatic heterocycles. The van der Waals surface area contributed by atoms with Gasteiger partial charge < -0.3 is 24.8 Å². The van der Waals surface area contributed by atoms with E-state index in [-0.39, 0.29) is 0 Å². The smallest absolute Gasteiger partial charge is 0.156 e. The van der Waals surface area contributed by atoms with Gasteiger partial charge in [-0.25, -0.2) is 15.0 Å². The molecule has 5 rings (SSSR count). The number of aryl methyl sites for hydroxylation is 2. The molecule has 2 N–H and O–H groups in total. The van der Waals surface area contributed by atoms with Crippen molar-refractivity contribution in [3.8, 4) is 11.3 Å². The van der Waals surface area contributed by atoms with E-state index >= 15 is 0 Å². The Kier molecular flexibility index (Phi) is 10.8. The van der Waals surface area contributed by atoms with Crippen LogP contribution in [0.1, 0.15) is 50.3 Å². The number of likely N-dealkylation sites (N-methyl/N-ethyl adjacent to an activating group) is 1. The highest BCUT2D eigenvalue weighted by Gasteiger charge is 2.20. The van der Waals surface area contributed by atoms with Crippen LogP contribution in [0.3, 0.4) is 0 Å². The lowest BCUT2D eigenvalue weighted by Crippen LogP contribution is -2.40. The number of hydrogen-bond acceptors (Lipinski definition) is 7. The van der Waals surface area contributed by atoms with Crippen LogP contribution in [0.15, 0.2) is 24.5 Å². The van der Waals surface area contributed by atoms with Gasteiger partial charge >= 0.3 is 0 Å². The van der Waals surface area contributed by atoms with Crippen molar-refractivity contribution in [1.82, 2.24) is 24.8 Å². The van der Waals surface area contributed by atoms with Crippen LogP contribution in [0.4, 0.5) is 5.82 Å². The third-order valence-corrected chi connectivity index (χ3v) is 6.12. The topological polar surface area (TPSA) is 104 Å². The average Bonchev–Trinajstić information content (AvgIpc) is 3.64. The molecule has 3 aromatic rings. The molecule has 2 aliphatic rings. The van der Waals surface area contributed by atoms with Crippen LogP contribution in [-0.2, 0) is 9.59 Å². The van der Waals surface area contributed by atoms with Gasteiger partial charge in [-0.2, -0.15) is 0 Å². The number of hydrogen-bond donors (Lipinski definition) is 2. The Hall–Kier alpha value is -3.13. The van der Waals surface area contributed by atoms with Crippen molar-refractivity contribution >= 4 is 30.6 Å². The number of rotatable bonds is 4. The van der Waals surface area contributed by atoms with E-state index in [4.69, 9.17) is 19.6 Å². The maximum Gasteiger partial charge on any atom is 0.156 e. The van der Waals surface area contributed by atoms with Gasteiger partial charge in [-0.05, 0) is 63.9 Å². The number of nitrogens with one attached hydrogen (secondary N) is 2. The van der Waals surface area contributed by atoms with E-state index in [1.54, 1.807) is 0 Å². The molecule has 0 radical (unpaired) electrons. The van der Waals surface area contributed by atoms with Gasteiger partial charge in [0.25, 0.3) is 0 Å². The minimum atomic E-state index is 0.414. The first-order chi connectivity index (χ1) is 16.5. The van der Waals surface area contributed by atoms with E-state index in [1.807, 2.05) is 45.9 Å². The first-order valence-corrected chi connectivity index (χ1v) is 11.8. The standard InChI is InChI=1S/C19H24N6.C5H10.2CH2O/c1-12-9-20-19-17(12)24-16(10-21-19)15-7-6-13(2)22-18(15)23-14-5-4-8-25(3)11-14;1-2-5-3-4-5;2*1-2/h6-7,9-10,14H,4-5,8,11H2,1-3H3,(H,20,21)(H,22,23);5H,2-4H2,1H3;2*1H2. The summed E-state index contributed by atoms with van der Waals surface area (Å²) in [7, 11) is 2.17. The number of pyridine rings is 1. The summed E-state index contributed by atoms with van der Waals surface area (Å²) in [5.74, 6) is 2.04. The summed E-state index contributed by atoms with van der Waals surface area (Å²) in [4.78, 5) is 35.6. The van der Waals surface area contributed by atoms with Crippen LogP contribution in [0.5, 0.6) is 0 Å². The molecular formula is C26H38N6O2. The second kappa shape index (κ2) is 13.5. The first kappa shape index (κ1) is 27.1. The Morgan fingerprint density at radius 2 is 1.85 bits per heavy atom. The molecule has 8 heteroatoms. The number of fused-ring (bicyclic) bond motifs is 1. The van der Waals surface area contributed by atoms with Crippen LogP contribution >= 0.6 is 0 Å². The maximum atomic E-state index is 8.00. The number of aromatic amines is 1. The van der Waals surface area contributed by atoms with Crippen molar-refractivity contribution in [2.45, 2.75) is 58.9 Å². The molecule has 34 heavy (non-hydrogen) atoms. The van der Waals surface area contributed by atoms with Crippen molar-refractivity contribution in [3.63, 3.8) is 0 Å². The molecule has 0 bridgehead atoms. The maximum absolute atomic E-state index is 8.00. The normalized spacial score (nSPS) is 17.4. The molecular weight excluding hydrogens is 428 g/mol. The second-order valence-electron chi connectivity index (χ2n) is 8.87. The molecule has 0 aromatic carbocycles. The van der Waals surface area contributed by atoms with E-state index in [1.165, 1.54) is 38.6 Å². The number of H-pyrrole nitrogens is 1. The predicted molar refractivity (Wildman–Crippen MR) is 138 cm³/mol. The van der Waals surface area contributed by atoms with Crippen molar-refractivity contribution in [1.29, 1.82) is 0 Å². The molecule has 1 saturated heterocycles. The SMILES string of the molecule is C=O.C=O.CCC1CC1.Cc1ccc(-c2cnc3[nH]cc(C)c3n2)c(NC2CCCN(C)C2)n1. The Bertz CT molecular complexity index is 1030. The van der Waals surface area contributed by atoms with E-state index in [9.17, 15) is 0 Å². The van der Waals surface area contributed by atoms with Crippen molar-refractivity contribution in [3.05, 3.63) is 35.8 Å². The van der Waals surface area contributed by atoms with Crippen LogP contribution in [0.2, 0.25) is 0 Å². The molecule has 0 spiro atoms. The summed E-state index contributed by atoms with van der Waals surface area (Å²) in [5, 5.41) is 3.65.